The molecule has 3 aromatic rings. The highest BCUT2D eigenvalue weighted by Gasteiger charge is 2.31. The predicted molar refractivity (Wildman–Crippen MR) is 137 cm³/mol. The summed E-state index contributed by atoms with van der Waals surface area (Å²) in [6.45, 7) is 6.66. The number of carbonyl (C=O) groups excluding carboxylic acids is 1. The van der Waals surface area contributed by atoms with E-state index < -0.39 is 28.5 Å². The SMILES string of the molecule is COC(=O)C(C)(C)Cn1c(=O)cc(Nc2ccc(OC(C)C)c(F)c2)n(Cc2ccc(Cl)cc2)c1=O. The van der Waals surface area contributed by atoms with Crippen LogP contribution >= 0.6 is 11.6 Å². The number of hydrogen-bond acceptors (Lipinski definition) is 6. The van der Waals surface area contributed by atoms with Crippen molar-refractivity contribution in [2.24, 2.45) is 5.41 Å². The van der Waals surface area contributed by atoms with Crippen molar-refractivity contribution in [1.82, 2.24) is 9.13 Å². The maximum atomic E-state index is 14.6. The van der Waals surface area contributed by atoms with Gasteiger partial charge in [0, 0.05) is 29.4 Å². The fourth-order valence-electron chi connectivity index (χ4n) is 3.60. The minimum Gasteiger partial charge on any atom is -0.488 e. The van der Waals surface area contributed by atoms with E-state index >= 15 is 0 Å². The highest BCUT2D eigenvalue weighted by molar-refractivity contribution is 6.30. The van der Waals surface area contributed by atoms with Gasteiger partial charge in [-0.15, -0.1) is 0 Å². The number of rotatable bonds is 9. The van der Waals surface area contributed by atoms with Crippen LogP contribution in [-0.2, 0) is 22.6 Å². The smallest absolute Gasteiger partial charge is 0.332 e. The second-order valence-corrected chi connectivity index (χ2v) is 9.70. The summed E-state index contributed by atoms with van der Waals surface area (Å²) in [6.07, 6.45) is -0.204. The third kappa shape index (κ3) is 6.34. The Morgan fingerprint density at radius 2 is 1.75 bits per heavy atom. The van der Waals surface area contributed by atoms with Crippen molar-refractivity contribution >= 4 is 29.1 Å². The van der Waals surface area contributed by atoms with Crippen LogP contribution in [-0.4, -0.2) is 28.3 Å². The molecule has 0 aliphatic heterocycles. The number of nitrogens with zero attached hydrogens (tertiary/aromatic N) is 2. The molecular weight excluding hydrogens is 489 g/mol. The fraction of sp³-hybridized carbons (Fsp3) is 0.346. The molecule has 2 aromatic carbocycles. The molecule has 1 aromatic heterocycles. The molecule has 36 heavy (non-hydrogen) atoms. The van der Waals surface area contributed by atoms with Crippen molar-refractivity contribution in [2.75, 3.05) is 12.4 Å². The molecular formula is C26H29ClFN3O5. The zero-order valence-electron chi connectivity index (χ0n) is 20.8. The molecule has 0 atom stereocenters. The average Bonchev–Trinajstić information content (AvgIpc) is 2.81. The van der Waals surface area contributed by atoms with E-state index in [2.05, 4.69) is 5.32 Å². The minimum atomic E-state index is -1.12. The van der Waals surface area contributed by atoms with Crippen LogP contribution in [0.1, 0.15) is 33.3 Å². The highest BCUT2D eigenvalue weighted by atomic mass is 35.5. The van der Waals surface area contributed by atoms with Crippen molar-refractivity contribution in [1.29, 1.82) is 0 Å². The van der Waals surface area contributed by atoms with Gasteiger partial charge >= 0.3 is 11.7 Å². The third-order valence-electron chi connectivity index (χ3n) is 5.39. The van der Waals surface area contributed by atoms with Crippen LogP contribution in [0.3, 0.4) is 0 Å². The van der Waals surface area contributed by atoms with Gasteiger partial charge in [0.1, 0.15) is 5.82 Å². The summed E-state index contributed by atoms with van der Waals surface area (Å²) in [7, 11) is 1.25. The van der Waals surface area contributed by atoms with E-state index in [0.29, 0.717) is 10.7 Å². The fourth-order valence-corrected chi connectivity index (χ4v) is 3.73. The number of halogens is 2. The number of hydrogen-bond donors (Lipinski definition) is 1. The standard InChI is InChI=1S/C26H29ClFN3O5/c1-16(2)36-21-11-10-19(12-20(21)28)29-22-13-23(32)31(15-26(3,4)24(33)35-5)25(34)30(22)14-17-6-8-18(27)9-7-17/h6-13,16,29H,14-15H2,1-5H3. The molecule has 8 nitrogen and oxygen atoms in total. The van der Waals surface area contributed by atoms with Gasteiger partial charge in [-0.3, -0.25) is 18.7 Å². The number of esters is 1. The number of methoxy groups -OCH3 is 1. The lowest BCUT2D eigenvalue weighted by atomic mass is 9.93. The molecule has 0 aliphatic carbocycles. The molecule has 0 saturated heterocycles. The van der Waals surface area contributed by atoms with Gasteiger partial charge in [0.25, 0.3) is 5.56 Å². The molecule has 0 bridgehead atoms. The van der Waals surface area contributed by atoms with E-state index in [4.69, 9.17) is 21.1 Å². The molecule has 0 unspecified atom stereocenters. The Bertz CT molecular complexity index is 1360. The zero-order valence-corrected chi connectivity index (χ0v) is 21.6. The van der Waals surface area contributed by atoms with Crippen LogP contribution in [0.4, 0.5) is 15.9 Å². The number of nitrogens with one attached hydrogen (secondary N) is 1. The van der Waals surface area contributed by atoms with Crippen LogP contribution in [0.15, 0.2) is 58.1 Å². The van der Waals surface area contributed by atoms with Gasteiger partial charge in [-0.1, -0.05) is 23.7 Å². The first-order chi connectivity index (χ1) is 16.9. The third-order valence-corrected chi connectivity index (χ3v) is 5.64. The van der Waals surface area contributed by atoms with Gasteiger partial charge in [-0.2, -0.15) is 0 Å². The average molecular weight is 518 g/mol. The summed E-state index contributed by atoms with van der Waals surface area (Å²) < 4.78 is 27.1. The Labute approximate surface area is 213 Å². The maximum Gasteiger partial charge on any atom is 0.332 e. The van der Waals surface area contributed by atoms with Gasteiger partial charge < -0.3 is 14.8 Å². The minimum absolute atomic E-state index is 0.0916. The number of ether oxygens (including phenoxy) is 2. The summed E-state index contributed by atoms with van der Waals surface area (Å²) >= 11 is 5.99. The van der Waals surface area contributed by atoms with Crippen molar-refractivity contribution in [2.45, 2.75) is 46.9 Å². The summed E-state index contributed by atoms with van der Waals surface area (Å²) in [4.78, 5) is 38.7. The van der Waals surface area contributed by atoms with Crippen LogP contribution in [0.5, 0.6) is 5.75 Å². The Hall–Kier alpha value is -3.59. The molecule has 0 radical (unpaired) electrons. The summed E-state index contributed by atoms with van der Waals surface area (Å²) in [5.74, 6) is -0.897. The van der Waals surface area contributed by atoms with E-state index in [-0.39, 0.29) is 30.8 Å². The molecule has 192 valence electrons. The molecule has 1 N–H and O–H groups in total. The Morgan fingerprint density at radius 1 is 1.08 bits per heavy atom. The first-order valence-electron chi connectivity index (χ1n) is 11.3. The summed E-state index contributed by atoms with van der Waals surface area (Å²) in [5.41, 5.74) is -1.32. The monoisotopic (exact) mass is 517 g/mol. The largest absolute Gasteiger partial charge is 0.488 e. The quantitative estimate of drug-likeness (QED) is 0.418. The highest BCUT2D eigenvalue weighted by Crippen LogP contribution is 2.25. The predicted octanol–water partition coefficient (Wildman–Crippen LogP) is 4.58. The molecule has 0 fully saturated rings. The van der Waals surface area contributed by atoms with Crippen LogP contribution in [0, 0.1) is 11.2 Å². The summed E-state index contributed by atoms with van der Waals surface area (Å²) in [6, 6.07) is 12.4. The second-order valence-electron chi connectivity index (χ2n) is 9.26. The first kappa shape index (κ1) is 27.0. The lowest BCUT2D eigenvalue weighted by Crippen LogP contribution is -2.45. The topological polar surface area (TPSA) is 91.6 Å². The molecule has 0 aliphatic rings. The zero-order chi connectivity index (χ0) is 26.6. The van der Waals surface area contributed by atoms with E-state index in [9.17, 15) is 18.8 Å². The van der Waals surface area contributed by atoms with Crippen molar-refractivity contribution in [3.8, 4) is 5.75 Å². The number of benzene rings is 2. The van der Waals surface area contributed by atoms with Crippen molar-refractivity contribution in [3.05, 3.63) is 85.8 Å². The molecule has 0 spiro atoms. The lowest BCUT2D eigenvalue weighted by molar-refractivity contribution is -0.151. The van der Waals surface area contributed by atoms with Crippen LogP contribution in [0.2, 0.25) is 5.02 Å². The molecule has 0 amide bonds. The molecule has 0 saturated carbocycles. The van der Waals surface area contributed by atoms with Crippen molar-refractivity contribution < 1.29 is 18.7 Å². The Kier molecular flexibility index (Phi) is 8.24. The lowest BCUT2D eigenvalue weighted by Gasteiger charge is -2.23. The van der Waals surface area contributed by atoms with Crippen LogP contribution in [0.25, 0.3) is 0 Å². The van der Waals surface area contributed by atoms with Crippen molar-refractivity contribution in [3.63, 3.8) is 0 Å². The van der Waals surface area contributed by atoms with E-state index in [1.807, 2.05) is 0 Å². The van der Waals surface area contributed by atoms with Gasteiger partial charge in [0.2, 0.25) is 0 Å². The van der Waals surface area contributed by atoms with E-state index in [0.717, 1.165) is 10.1 Å². The van der Waals surface area contributed by atoms with Crippen LogP contribution < -0.4 is 21.3 Å². The Balaban J connectivity index is 2.08. The second kappa shape index (κ2) is 11.0. The van der Waals surface area contributed by atoms with Gasteiger partial charge in [-0.25, -0.2) is 9.18 Å². The Morgan fingerprint density at radius 3 is 2.33 bits per heavy atom. The van der Waals surface area contributed by atoms with Gasteiger partial charge in [-0.05, 0) is 57.5 Å². The van der Waals surface area contributed by atoms with Gasteiger partial charge in [0.05, 0.1) is 25.2 Å². The molecule has 10 heteroatoms. The van der Waals surface area contributed by atoms with E-state index in [1.54, 1.807) is 58.0 Å². The number of carbonyl (C=O) groups is 1. The molecule has 3 rings (SSSR count). The maximum absolute atomic E-state index is 14.6. The molecule has 1 heterocycles. The number of aromatic nitrogens is 2. The first-order valence-corrected chi connectivity index (χ1v) is 11.7. The summed E-state index contributed by atoms with van der Waals surface area (Å²) in [5, 5.41) is 3.50. The number of anilines is 2. The van der Waals surface area contributed by atoms with E-state index in [1.165, 1.54) is 29.9 Å². The normalized spacial score (nSPS) is 11.4. The van der Waals surface area contributed by atoms with Gasteiger partial charge in [0.15, 0.2) is 11.6 Å².